The van der Waals surface area contributed by atoms with Crippen LogP contribution in [0.4, 0.5) is 0 Å². The van der Waals surface area contributed by atoms with Gasteiger partial charge in [0.05, 0.1) is 32.8 Å². The fraction of sp³-hybridized carbons (Fsp3) is 0.412. The molecular formula is C17H21N3O4. The third-order valence-corrected chi connectivity index (χ3v) is 3.82. The molecule has 0 aliphatic carbocycles. The van der Waals surface area contributed by atoms with Crippen LogP contribution in [0.15, 0.2) is 34.9 Å². The number of rotatable bonds is 6. The molecule has 1 aliphatic rings. The molecule has 1 fully saturated rings. The van der Waals surface area contributed by atoms with Gasteiger partial charge in [0.2, 0.25) is 5.91 Å². The highest BCUT2D eigenvalue weighted by atomic mass is 16.5. The van der Waals surface area contributed by atoms with Gasteiger partial charge in [0.25, 0.3) is 0 Å². The van der Waals surface area contributed by atoms with Crippen molar-refractivity contribution in [1.82, 2.24) is 15.8 Å². The first-order valence-corrected chi connectivity index (χ1v) is 7.93. The smallest absolute Gasteiger partial charge is 0.223 e. The molecule has 0 bridgehead atoms. The highest BCUT2D eigenvalue weighted by Crippen LogP contribution is 2.22. The van der Waals surface area contributed by atoms with Crippen LogP contribution in [0.2, 0.25) is 0 Å². The van der Waals surface area contributed by atoms with Crippen molar-refractivity contribution < 1.29 is 18.8 Å². The zero-order valence-electron chi connectivity index (χ0n) is 13.6. The number of nitrogens with one attached hydrogen (secondary N) is 2. The van der Waals surface area contributed by atoms with E-state index in [0.29, 0.717) is 31.9 Å². The molecule has 0 saturated carbocycles. The molecule has 1 aromatic carbocycles. The van der Waals surface area contributed by atoms with E-state index in [-0.39, 0.29) is 12.0 Å². The van der Waals surface area contributed by atoms with E-state index in [1.54, 1.807) is 7.11 Å². The Morgan fingerprint density at radius 2 is 2.25 bits per heavy atom. The van der Waals surface area contributed by atoms with Gasteiger partial charge < -0.3 is 24.6 Å². The molecule has 2 N–H and O–H groups in total. The highest BCUT2D eigenvalue weighted by molar-refractivity contribution is 5.76. The van der Waals surface area contributed by atoms with Gasteiger partial charge in [-0.05, 0) is 24.3 Å². The van der Waals surface area contributed by atoms with Crippen LogP contribution in [-0.4, -0.2) is 44.0 Å². The summed E-state index contributed by atoms with van der Waals surface area (Å²) in [4.78, 5) is 11.9. The second-order valence-electron chi connectivity index (χ2n) is 5.58. The molecule has 0 radical (unpaired) electrons. The molecule has 0 spiro atoms. The van der Waals surface area contributed by atoms with Gasteiger partial charge in [0.15, 0.2) is 5.76 Å². The quantitative estimate of drug-likeness (QED) is 0.831. The van der Waals surface area contributed by atoms with Crippen molar-refractivity contribution in [1.29, 1.82) is 0 Å². The van der Waals surface area contributed by atoms with E-state index in [2.05, 4.69) is 15.8 Å². The van der Waals surface area contributed by atoms with Gasteiger partial charge in [-0.25, -0.2) is 0 Å². The Labute approximate surface area is 140 Å². The Bertz CT molecular complexity index is 663. The van der Waals surface area contributed by atoms with Crippen molar-refractivity contribution in [3.8, 4) is 17.0 Å². The first-order chi connectivity index (χ1) is 11.7. The molecule has 1 amide bonds. The number of amides is 1. The van der Waals surface area contributed by atoms with Crippen molar-refractivity contribution in [2.24, 2.45) is 0 Å². The van der Waals surface area contributed by atoms with Crippen LogP contribution >= 0.6 is 0 Å². The minimum Gasteiger partial charge on any atom is -0.497 e. The molecule has 24 heavy (non-hydrogen) atoms. The zero-order valence-corrected chi connectivity index (χ0v) is 13.6. The monoisotopic (exact) mass is 331 g/mol. The summed E-state index contributed by atoms with van der Waals surface area (Å²) >= 11 is 0. The number of ether oxygens (including phenoxy) is 2. The lowest BCUT2D eigenvalue weighted by Crippen LogP contribution is -2.41. The SMILES string of the molecule is COc1ccc(-c2cc(CNC(=O)CC3CNCCO3)on2)cc1. The lowest BCUT2D eigenvalue weighted by molar-refractivity contribution is -0.124. The van der Waals surface area contributed by atoms with Crippen molar-refractivity contribution in [3.05, 3.63) is 36.1 Å². The number of carbonyl (C=O) groups excluding carboxylic acids is 1. The first kappa shape index (κ1) is 16.5. The molecule has 7 nitrogen and oxygen atoms in total. The molecule has 1 saturated heterocycles. The molecule has 1 aliphatic heterocycles. The lowest BCUT2D eigenvalue weighted by Gasteiger charge is -2.22. The molecular weight excluding hydrogens is 310 g/mol. The van der Waals surface area contributed by atoms with Crippen LogP contribution in [0.25, 0.3) is 11.3 Å². The summed E-state index contributed by atoms with van der Waals surface area (Å²) in [5.74, 6) is 1.33. The number of hydrogen-bond acceptors (Lipinski definition) is 6. The molecule has 128 valence electrons. The maximum absolute atomic E-state index is 11.9. The number of aromatic nitrogens is 1. The molecule has 1 unspecified atom stereocenters. The van der Waals surface area contributed by atoms with E-state index >= 15 is 0 Å². The fourth-order valence-corrected chi connectivity index (χ4v) is 2.51. The third kappa shape index (κ3) is 4.33. The topological polar surface area (TPSA) is 85.6 Å². The Balaban J connectivity index is 1.50. The molecule has 2 heterocycles. The normalized spacial score (nSPS) is 17.5. The van der Waals surface area contributed by atoms with Gasteiger partial charge >= 0.3 is 0 Å². The van der Waals surface area contributed by atoms with E-state index in [9.17, 15) is 4.79 Å². The van der Waals surface area contributed by atoms with Crippen molar-refractivity contribution in [3.63, 3.8) is 0 Å². The lowest BCUT2D eigenvalue weighted by atomic mass is 10.1. The summed E-state index contributed by atoms with van der Waals surface area (Å²) < 4.78 is 15.9. The Hall–Kier alpha value is -2.38. The third-order valence-electron chi connectivity index (χ3n) is 3.82. The largest absolute Gasteiger partial charge is 0.497 e. The second-order valence-corrected chi connectivity index (χ2v) is 5.58. The van der Waals surface area contributed by atoms with Gasteiger partial charge in [-0.15, -0.1) is 0 Å². The number of carbonyl (C=O) groups is 1. The van der Waals surface area contributed by atoms with Crippen molar-refractivity contribution >= 4 is 5.91 Å². The summed E-state index contributed by atoms with van der Waals surface area (Å²) in [5.41, 5.74) is 1.65. The van der Waals surface area contributed by atoms with Crippen LogP contribution in [0.3, 0.4) is 0 Å². The summed E-state index contributed by atoms with van der Waals surface area (Å²) in [6.07, 6.45) is 0.273. The highest BCUT2D eigenvalue weighted by Gasteiger charge is 2.17. The predicted molar refractivity (Wildman–Crippen MR) is 87.6 cm³/mol. The minimum atomic E-state index is -0.0664. The molecule has 1 aromatic heterocycles. The molecule has 2 aromatic rings. The predicted octanol–water partition coefficient (Wildman–Crippen LogP) is 1.34. The van der Waals surface area contributed by atoms with Crippen LogP contribution in [0.5, 0.6) is 5.75 Å². The number of nitrogens with zero attached hydrogens (tertiary/aromatic N) is 1. The average Bonchev–Trinajstić information content (AvgIpc) is 3.10. The zero-order chi connectivity index (χ0) is 16.8. The van der Waals surface area contributed by atoms with Crippen molar-refractivity contribution in [2.45, 2.75) is 19.1 Å². The maximum Gasteiger partial charge on any atom is 0.223 e. The van der Waals surface area contributed by atoms with Crippen LogP contribution in [0, 0.1) is 0 Å². The van der Waals surface area contributed by atoms with Gasteiger partial charge in [0.1, 0.15) is 11.4 Å². The van der Waals surface area contributed by atoms with Crippen LogP contribution in [0.1, 0.15) is 12.2 Å². The number of hydrogen-bond donors (Lipinski definition) is 2. The van der Waals surface area contributed by atoms with Gasteiger partial charge in [-0.2, -0.15) is 0 Å². The summed E-state index contributed by atoms with van der Waals surface area (Å²) in [6, 6.07) is 9.37. The summed E-state index contributed by atoms with van der Waals surface area (Å²) in [6.45, 7) is 2.50. The van der Waals surface area contributed by atoms with Gasteiger partial charge in [-0.3, -0.25) is 4.79 Å². The van der Waals surface area contributed by atoms with E-state index in [1.807, 2.05) is 30.3 Å². The molecule has 7 heteroatoms. The Morgan fingerprint density at radius 1 is 1.42 bits per heavy atom. The molecule has 1 atom stereocenters. The van der Waals surface area contributed by atoms with Crippen LogP contribution < -0.4 is 15.4 Å². The average molecular weight is 331 g/mol. The minimum absolute atomic E-state index is 0.0638. The van der Waals surface area contributed by atoms with E-state index in [4.69, 9.17) is 14.0 Å². The number of methoxy groups -OCH3 is 1. The van der Waals surface area contributed by atoms with Gasteiger partial charge in [0, 0.05) is 24.7 Å². The second kappa shape index (κ2) is 7.94. The van der Waals surface area contributed by atoms with Crippen molar-refractivity contribution in [2.75, 3.05) is 26.8 Å². The first-order valence-electron chi connectivity index (χ1n) is 7.93. The number of morpholine rings is 1. The number of benzene rings is 1. The van der Waals surface area contributed by atoms with E-state index in [1.165, 1.54) is 0 Å². The summed E-state index contributed by atoms with van der Waals surface area (Å²) in [7, 11) is 1.63. The standard InChI is InChI=1S/C17H21N3O4/c1-22-13-4-2-12(3-5-13)16-8-15(24-20-16)11-19-17(21)9-14-10-18-6-7-23-14/h2-5,8,14,18H,6-7,9-11H2,1H3,(H,19,21). The summed E-state index contributed by atoms with van der Waals surface area (Å²) in [5, 5.41) is 10.1. The fourth-order valence-electron chi connectivity index (χ4n) is 2.51. The van der Waals surface area contributed by atoms with E-state index < -0.39 is 0 Å². The van der Waals surface area contributed by atoms with Crippen LogP contribution in [-0.2, 0) is 16.1 Å². The van der Waals surface area contributed by atoms with Gasteiger partial charge in [-0.1, -0.05) is 5.16 Å². The Kier molecular flexibility index (Phi) is 5.45. The Morgan fingerprint density at radius 3 is 2.96 bits per heavy atom. The maximum atomic E-state index is 11.9. The molecule has 3 rings (SSSR count). The van der Waals surface area contributed by atoms with E-state index in [0.717, 1.165) is 23.6 Å².